The number of ether oxygens (including phenoxy) is 1. The monoisotopic (exact) mass is 458 g/mol. The number of hydrogen-bond acceptors (Lipinski definition) is 6. The van der Waals surface area contributed by atoms with Gasteiger partial charge >= 0.3 is 17.1 Å². The van der Waals surface area contributed by atoms with Gasteiger partial charge in [-0.1, -0.05) is 0 Å². The number of nitrogens with zero attached hydrogens (tertiary/aromatic N) is 1. The van der Waals surface area contributed by atoms with Crippen molar-refractivity contribution in [2.24, 2.45) is 0 Å². The molecule has 2 rings (SSSR count). The third kappa shape index (κ3) is 6.77. The Kier molecular flexibility index (Phi) is 7.19. The van der Waals surface area contributed by atoms with E-state index in [1.165, 1.54) is 12.1 Å². The van der Waals surface area contributed by atoms with Crippen molar-refractivity contribution in [3.05, 3.63) is 35.1 Å². The van der Waals surface area contributed by atoms with Gasteiger partial charge in [-0.3, -0.25) is 4.79 Å². The van der Waals surface area contributed by atoms with Crippen LogP contribution in [-0.2, 0) is 19.4 Å². The average molecular weight is 459 g/mol. The van der Waals surface area contributed by atoms with E-state index in [1.54, 1.807) is 33.1 Å². The number of amides is 2. The summed E-state index contributed by atoms with van der Waals surface area (Å²) in [6.07, 6.45) is 0.946. The molecule has 2 N–H and O–H groups in total. The second kappa shape index (κ2) is 9.09. The molecule has 2 aromatic rings. The zero-order chi connectivity index (χ0) is 22.7. The number of carbonyl (C=O) groups excluding carboxylic acids is 2. The summed E-state index contributed by atoms with van der Waals surface area (Å²) >= 11 is 0. The van der Waals surface area contributed by atoms with Gasteiger partial charge < -0.3 is 10.1 Å². The zero-order valence-corrected chi connectivity index (χ0v) is 19.0. The topological polar surface area (TPSA) is 114 Å². The first kappa shape index (κ1) is 23.7. The van der Waals surface area contributed by atoms with Crippen LogP contribution in [0.5, 0.6) is 0 Å². The second-order valence-electron chi connectivity index (χ2n) is 7.60. The van der Waals surface area contributed by atoms with E-state index in [-0.39, 0.29) is 17.9 Å². The Morgan fingerprint density at radius 1 is 1.27 bits per heavy atom. The molecule has 8 nitrogen and oxygen atoms in total. The molecular formula is C19H25FN3O5S2+. The lowest BCUT2D eigenvalue weighted by molar-refractivity contribution is -0.154. The molecule has 1 aromatic heterocycles. The highest BCUT2D eigenvalue weighted by atomic mass is 32.2. The summed E-state index contributed by atoms with van der Waals surface area (Å²) in [6.45, 7) is 7.07. The number of aryl methyl sites for hydroxylation is 1. The maximum absolute atomic E-state index is 14.3. The highest BCUT2D eigenvalue weighted by Crippen LogP contribution is 2.39. The number of aromatic nitrogens is 1. The number of urea groups is 1. The minimum Gasteiger partial charge on any atom is -0.460 e. The van der Waals surface area contributed by atoms with Crippen LogP contribution in [-0.4, -0.2) is 43.8 Å². The van der Waals surface area contributed by atoms with Gasteiger partial charge in [0.15, 0.2) is 20.1 Å². The molecule has 0 aliphatic rings. The van der Waals surface area contributed by atoms with Crippen LogP contribution < -0.4 is 10.6 Å². The Labute approximate surface area is 177 Å². The number of halogens is 1. The fourth-order valence-electron chi connectivity index (χ4n) is 2.46. The smallest absolute Gasteiger partial charge is 0.353 e. The average Bonchev–Trinajstić information content (AvgIpc) is 2.92. The molecule has 1 heterocycles. The highest BCUT2D eigenvalue weighted by Gasteiger charge is 2.25. The van der Waals surface area contributed by atoms with Gasteiger partial charge in [0.05, 0.1) is 22.6 Å². The Morgan fingerprint density at radius 3 is 2.50 bits per heavy atom. The standard InChI is InChI=1S/C19H24FN3O5S2/c1-12-11-29(13-6-7-15(14(20)10-13)30(5,26)27)18(22-12)23-17(25)21-9-8-16(24)28-19(2,3)4/h6-7,10-11H,8-9H2,1-5H3,(H-,21,22,23,25)/p+1. The van der Waals surface area contributed by atoms with E-state index in [4.69, 9.17) is 4.74 Å². The van der Waals surface area contributed by atoms with E-state index in [1.807, 2.05) is 0 Å². The van der Waals surface area contributed by atoms with Crippen LogP contribution in [0.3, 0.4) is 0 Å². The molecule has 0 saturated carbocycles. The molecule has 0 aliphatic carbocycles. The summed E-state index contributed by atoms with van der Waals surface area (Å²) in [5, 5.41) is 7.22. The number of thiazole rings is 1. The molecule has 1 atom stereocenters. The van der Waals surface area contributed by atoms with Crippen molar-refractivity contribution in [3.63, 3.8) is 0 Å². The summed E-state index contributed by atoms with van der Waals surface area (Å²) in [4.78, 5) is 28.2. The first-order valence-electron chi connectivity index (χ1n) is 9.03. The van der Waals surface area contributed by atoms with Crippen LogP contribution in [0.15, 0.2) is 28.5 Å². The van der Waals surface area contributed by atoms with Crippen LogP contribution in [0, 0.1) is 12.7 Å². The van der Waals surface area contributed by atoms with E-state index in [2.05, 4.69) is 15.6 Å². The largest absolute Gasteiger partial charge is 0.460 e. The van der Waals surface area contributed by atoms with E-state index >= 15 is 0 Å². The number of sulfone groups is 1. The number of rotatable bonds is 6. The number of esters is 1. The zero-order valence-electron chi connectivity index (χ0n) is 17.4. The SMILES string of the molecule is Cc1c[s+](-c2ccc(S(C)(=O)=O)c(F)c2)c(NC(=O)NCCC(=O)OC(C)(C)C)n1. The Hall–Kier alpha value is -2.53. The Bertz CT molecular complexity index is 1060. The van der Waals surface area contributed by atoms with Gasteiger partial charge in [0.2, 0.25) is 0 Å². The molecule has 11 heteroatoms. The normalized spacial score (nSPS) is 12.4. The predicted octanol–water partition coefficient (Wildman–Crippen LogP) is 3.52. The van der Waals surface area contributed by atoms with E-state index in [0.29, 0.717) is 15.7 Å². The number of hydrogen-bond donors (Lipinski definition) is 2. The first-order valence-corrected chi connectivity index (χ1v) is 12.2. The molecule has 1 unspecified atom stereocenters. The predicted molar refractivity (Wildman–Crippen MR) is 113 cm³/mol. The summed E-state index contributed by atoms with van der Waals surface area (Å²) in [5.74, 6) is -1.29. The molecule has 0 saturated heterocycles. The van der Waals surface area contributed by atoms with E-state index < -0.39 is 43.7 Å². The van der Waals surface area contributed by atoms with Crippen molar-refractivity contribution in [1.29, 1.82) is 0 Å². The lowest BCUT2D eigenvalue weighted by Gasteiger charge is -2.19. The number of carbonyl (C=O) groups is 2. The summed E-state index contributed by atoms with van der Waals surface area (Å²) in [7, 11) is -4.54. The van der Waals surface area contributed by atoms with Gasteiger partial charge in [0.1, 0.15) is 16.3 Å². The lowest BCUT2D eigenvalue weighted by atomic mass is 10.2. The van der Waals surface area contributed by atoms with Crippen molar-refractivity contribution in [3.8, 4) is 4.90 Å². The van der Waals surface area contributed by atoms with E-state index in [9.17, 15) is 22.4 Å². The van der Waals surface area contributed by atoms with Crippen molar-refractivity contribution >= 4 is 37.4 Å². The third-order valence-electron chi connectivity index (χ3n) is 3.59. The van der Waals surface area contributed by atoms with Crippen LogP contribution >= 0.6 is 10.5 Å². The molecule has 0 bridgehead atoms. The summed E-state index contributed by atoms with van der Waals surface area (Å²) in [5.41, 5.74) is 0.0344. The Balaban J connectivity index is 2.08. The Morgan fingerprint density at radius 2 is 1.93 bits per heavy atom. The maximum Gasteiger partial charge on any atom is 0.353 e. The molecule has 0 radical (unpaired) electrons. The number of nitrogens with one attached hydrogen (secondary N) is 2. The van der Waals surface area contributed by atoms with Gasteiger partial charge in [0, 0.05) is 18.9 Å². The van der Waals surface area contributed by atoms with Crippen molar-refractivity contribution in [1.82, 2.24) is 10.3 Å². The number of anilines is 1. The van der Waals surface area contributed by atoms with Crippen molar-refractivity contribution in [2.75, 3.05) is 18.1 Å². The molecule has 164 valence electrons. The lowest BCUT2D eigenvalue weighted by Crippen LogP contribution is -2.32. The third-order valence-corrected chi connectivity index (χ3v) is 6.67. The quantitative estimate of drug-likeness (QED) is 0.506. The van der Waals surface area contributed by atoms with Crippen molar-refractivity contribution in [2.45, 2.75) is 44.6 Å². The van der Waals surface area contributed by atoms with Crippen molar-refractivity contribution < 1.29 is 27.1 Å². The highest BCUT2D eigenvalue weighted by molar-refractivity contribution is 7.90. The number of benzene rings is 1. The van der Waals surface area contributed by atoms with Gasteiger partial charge in [0.25, 0.3) is 0 Å². The van der Waals surface area contributed by atoms with Gasteiger partial charge in [-0.25, -0.2) is 22.9 Å². The molecule has 0 spiro atoms. The first-order chi connectivity index (χ1) is 13.8. The van der Waals surface area contributed by atoms with Crippen LogP contribution in [0.2, 0.25) is 0 Å². The second-order valence-corrected chi connectivity index (χ2v) is 11.3. The van der Waals surface area contributed by atoms with Crippen LogP contribution in [0.25, 0.3) is 4.90 Å². The van der Waals surface area contributed by atoms with E-state index in [0.717, 1.165) is 12.3 Å². The molecule has 30 heavy (non-hydrogen) atoms. The molecule has 2 amide bonds. The fourth-order valence-corrected chi connectivity index (χ4v) is 4.94. The van der Waals surface area contributed by atoms with Crippen LogP contribution in [0.1, 0.15) is 32.9 Å². The minimum absolute atomic E-state index is 0.0122. The summed E-state index contributed by atoms with van der Waals surface area (Å²) in [6, 6.07) is 3.26. The van der Waals surface area contributed by atoms with Gasteiger partial charge in [-0.05, 0) is 39.8 Å². The molecular weight excluding hydrogens is 433 g/mol. The summed E-state index contributed by atoms with van der Waals surface area (Å²) < 4.78 is 42.6. The molecule has 0 fully saturated rings. The molecule has 0 aliphatic heterocycles. The van der Waals surface area contributed by atoms with Gasteiger partial charge in [-0.15, -0.1) is 0 Å². The molecule has 1 aromatic carbocycles. The maximum atomic E-state index is 14.3. The van der Waals surface area contributed by atoms with Gasteiger partial charge in [-0.2, -0.15) is 4.98 Å². The van der Waals surface area contributed by atoms with Crippen LogP contribution in [0.4, 0.5) is 14.3 Å². The fraction of sp³-hybridized carbons (Fsp3) is 0.421. The minimum atomic E-state index is -3.68.